The minimum atomic E-state index is -1.55. The zero-order chi connectivity index (χ0) is 30.2. The van der Waals surface area contributed by atoms with Crippen molar-refractivity contribution in [2.45, 2.75) is 122 Å². The van der Waals surface area contributed by atoms with E-state index in [1.807, 2.05) is 32.9 Å². The molecule has 0 saturated carbocycles. The summed E-state index contributed by atoms with van der Waals surface area (Å²) in [4.78, 5) is 35.6. The number of carbonyl (C=O) groups is 3. The van der Waals surface area contributed by atoms with Crippen LogP contribution in [0, 0.1) is 5.92 Å². The number of aliphatic hydroxyl groups is 1. The molecule has 10 nitrogen and oxygen atoms in total. The van der Waals surface area contributed by atoms with Crippen LogP contribution in [0.15, 0.2) is 36.0 Å². The van der Waals surface area contributed by atoms with Gasteiger partial charge in [0, 0.05) is 32.4 Å². The molecule has 2 unspecified atom stereocenters. The maximum absolute atomic E-state index is 12.4. The Balaban J connectivity index is 1.49. The molecule has 10 heteroatoms. The van der Waals surface area contributed by atoms with Crippen LogP contribution in [0.25, 0.3) is 0 Å². The van der Waals surface area contributed by atoms with Gasteiger partial charge >= 0.3 is 5.97 Å². The van der Waals surface area contributed by atoms with Crippen LogP contribution in [0.4, 0.5) is 0 Å². The number of allylic oxidation sites excluding steroid dienone is 2. The second-order valence-corrected chi connectivity index (χ2v) is 11.9. The van der Waals surface area contributed by atoms with E-state index in [2.05, 4.69) is 23.6 Å². The Morgan fingerprint density at radius 1 is 1.20 bits per heavy atom. The van der Waals surface area contributed by atoms with Crippen molar-refractivity contribution in [1.29, 1.82) is 0 Å². The van der Waals surface area contributed by atoms with Crippen molar-refractivity contribution >= 4 is 17.8 Å². The van der Waals surface area contributed by atoms with Crippen molar-refractivity contribution in [2.24, 2.45) is 5.92 Å². The largest absolute Gasteiger partial charge is 0.459 e. The normalized spacial score (nSPS) is 34.5. The summed E-state index contributed by atoms with van der Waals surface area (Å²) in [5, 5.41) is 16.9. The van der Waals surface area contributed by atoms with E-state index in [0.29, 0.717) is 26.0 Å². The zero-order valence-corrected chi connectivity index (χ0v) is 25.3. The molecule has 41 heavy (non-hydrogen) atoms. The number of esters is 1. The van der Waals surface area contributed by atoms with Gasteiger partial charge in [-0.05, 0) is 52.0 Å². The summed E-state index contributed by atoms with van der Waals surface area (Å²) in [5.41, 5.74) is 0.620. The van der Waals surface area contributed by atoms with E-state index in [4.69, 9.17) is 18.9 Å². The highest BCUT2D eigenvalue weighted by Crippen LogP contribution is 2.46. The topological polar surface area (TPSA) is 136 Å². The van der Waals surface area contributed by atoms with Gasteiger partial charge in [0.05, 0.1) is 43.0 Å². The molecule has 3 heterocycles. The number of ether oxygens (including phenoxy) is 4. The first kappa shape index (κ1) is 33.0. The van der Waals surface area contributed by atoms with Crippen LogP contribution in [-0.4, -0.2) is 77.9 Å². The highest BCUT2D eigenvalue weighted by atomic mass is 16.7. The summed E-state index contributed by atoms with van der Waals surface area (Å²) in [6, 6.07) is -0.115. The van der Waals surface area contributed by atoms with Crippen LogP contribution in [-0.2, 0) is 33.3 Å². The number of carbonyl (C=O) groups excluding carboxylic acids is 3. The van der Waals surface area contributed by atoms with Crippen LogP contribution in [0.5, 0.6) is 0 Å². The van der Waals surface area contributed by atoms with Crippen molar-refractivity contribution in [3.8, 4) is 0 Å². The number of nitrogens with one attached hydrogen (secondary N) is 2. The molecule has 0 aliphatic carbocycles. The maximum Gasteiger partial charge on any atom is 0.303 e. The Morgan fingerprint density at radius 2 is 1.93 bits per heavy atom. The minimum Gasteiger partial charge on any atom is -0.459 e. The van der Waals surface area contributed by atoms with E-state index >= 15 is 0 Å². The third kappa shape index (κ3) is 10.7. The van der Waals surface area contributed by atoms with Crippen molar-refractivity contribution in [3.05, 3.63) is 36.0 Å². The first-order chi connectivity index (χ1) is 19.3. The SMILES string of the molecule is CCCNC(=O)CC1(O)C[C@@]2(CO2)C[C@@H](/C=C/C(C)=C/C[C@@H]2O[C@H](C)[C@H](NC(=O)C=CC(C)OC(C)=O)C[C@@H]2C)O1. The summed E-state index contributed by atoms with van der Waals surface area (Å²) >= 11 is 0. The fourth-order valence-corrected chi connectivity index (χ4v) is 5.52. The van der Waals surface area contributed by atoms with Gasteiger partial charge in [-0.2, -0.15) is 0 Å². The molecule has 2 amide bonds. The van der Waals surface area contributed by atoms with Gasteiger partial charge in [0.2, 0.25) is 11.8 Å². The molecule has 8 atom stereocenters. The van der Waals surface area contributed by atoms with E-state index in [-0.39, 0.29) is 48.5 Å². The van der Waals surface area contributed by atoms with Gasteiger partial charge in [-0.1, -0.05) is 37.6 Å². The number of hydrogen-bond donors (Lipinski definition) is 3. The molecule has 0 bridgehead atoms. The summed E-state index contributed by atoms with van der Waals surface area (Å²) in [7, 11) is 0. The minimum absolute atomic E-state index is 0.0156. The number of amides is 2. The molecule has 3 aliphatic heterocycles. The Morgan fingerprint density at radius 3 is 2.59 bits per heavy atom. The summed E-state index contributed by atoms with van der Waals surface area (Å²) in [6.45, 7) is 12.2. The van der Waals surface area contributed by atoms with E-state index in [1.165, 1.54) is 13.0 Å². The van der Waals surface area contributed by atoms with Crippen molar-refractivity contribution < 1.29 is 38.4 Å². The third-order valence-electron chi connectivity index (χ3n) is 7.76. The summed E-state index contributed by atoms with van der Waals surface area (Å²) in [6.07, 6.45) is 11.2. The second-order valence-electron chi connectivity index (χ2n) is 11.9. The molecule has 0 aromatic carbocycles. The first-order valence-electron chi connectivity index (χ1n) is 14.8. The Hall–Kier alpha value is -2.53. The smallest absolute Gasteiger partial charge is 0.303 e. The molecule has 0 aromatic heterocycles. The summed E-state index contributed by atoms with van der Waals surface area (Å²) < 4.78 is 22.9. The van der Waals surface area contributed by atoms with Gasteiger partial charge in [0.15, 0.2) is 5.79 Å². The predicted molar refractivity (Wildman–Crippen MR) is 154 cm³/mol. The Kier molecular flexibility index (Phi) is 11.7. The molecule has 3 rings (SSSR count). The van der Waals surface area contributed by atoms with Crippen LogP contribution >= 0.6 is 0 Å². The molecular weight excluding hydrogens is 528 g/mol. The van der Waals surface area contributed by atoms with Crippen LogP contribution < -0.4 is 10.6 Å². The molecule has 1 spiro atoms. The molecule has 3 fully saturated rings. The molecular formula is C31H48N2O8. The second kappa shape index (κ2) is 14.6. The fourth-order valence-electron chi connectivity index (χ4n) is 5.52. The lowest BCUT2D eigenvalue weighted by atomic mass is 9.87. The van der Waals surface area contributed by atoms with Crippen molar-refractivity contribution in [2.75, 3.05) is 13.2 Å². The lowest BCUT2D eigenvalue weighted by Gasteiger charge is -2.39. The molecule has 3 aliphatic rings. The molecule has 0 radical (unpaired) electrons. The van der Waals surface area contributed by atoms with Gasteiger partial charge in [0.25, 0.3) is 0 Å². The average Bonchev–Trinajstić information content (AvgIpc) is 3.62. The highest BCUT2D eigenvalue weighted by Gasteiger charge is 2.57. The number of hydrogen-bond acceptors (Lipinski definition) is 8. The maximum atomic E-state index is 12.4. The van der Waals surface area contributed by atoms with E-state index in [9.17, 15) is 19.5 Å². The van der Waals surface area contributed by atoms with E-state index < -0.39 is 23.5 Å². The van der Waals surface area contributed by atoms with E-state index in [1.54, 1.807) is 13.0 Å². The van der Waals surface area contributed by atoms with Crippen LogP contribution in [0.3, 0.4) is 0 Å². The van der Waals surface area contributed by atoms with E-state index in [0.717, 1.165) is 24.8 Å². The lowest BCUT2D eigenvalue weighted by Crippen LogP contribution is -2.50. The summed E-state index contributed by atoms with van der Waals surface area (Å²) in [5.74, 6) is -2.18. The highest BCUT2D eigenvalue weighted by molar-refractivity contribution is 5.87. The van der Waals surface area contributed by atoms with Crippen LogP contribution in [0.2, 0.25) is 0 Å². The number of epoxide rings is 1. The molecule has 230 valence electrons. The number of rotatable bonds is 12. The first-order valence-corrected chi connectivity index (χ1v) is 14.8. The third-order valence-corrected chi connectivity index (χ3v) is 7.76. The van der Waals surface area contributed by atoms with Gasteiger partial charge in [-0.3, -0.25) is 14.4 Å². The predicted octanol–water partition coefficient (Wildman–Crippen LogP) is 3.24. The molecule has 0 aromatic rings. The molecule has 3 N–H and O–H groups in total. The average molecular weight is 577 g/mol. The van der Waals surface area contributed by atoms with Gasteiger partial charge in [-0.25, -0.2) is 0 Å². The van der Waals surface area contributed by atoms with Crippen molar-refractivity contribution in [1.82, 2.24) is 10.6 Å². The fraction of sp³-hybridized carbons (Fsp3) is 0.710. The standard InChI is InChI=1S/C31H48N2O8/c1-7-14-32-29(36)17-31(37)18-30(19-38-30)16-25(41-31)11-8-20(2)9-12-27-21(3)15-26(23(5)40-27)33-28(35)13-10-22(4)39-24(6)34/h8-11,13,21-23,25-27,37H,7,12,14-19H2,1-6H3,(H,32,36)(H,33,35)/b11-8+,13-10?,20-9+/t21-,22?,23+,25+,26+,27-,30+,31?/m0/s1. The van der Waals surface area contributed by atoms with Gasteiger partial charge < -0.3 is 34.7 Å². The Bertz CT molecular complexity index is 1020. The monoisotopic (exact) mass is 576 g/mol. The lowest BCUT2D eigenvalue weighted by molar-refractivity contribution is -0.256. The molecule has 3 saturated heterocycles. The zero-order valence-electron chi connectivity index (χ0n) is 25.3. The quantitative estimate of drug-likeness (QED) is 0.139. The van der Waals surface area contributed by atoms with Crippen LogP contribution in [0.1, 0.15) is 80.1 Å². The Labute approximate surface area is 243 Å². The van der Waals surface area contributed by atoms with Gasteiger partial charge in [0.1, 0.15) is 6.10 Å². The van der Waals surface area contributed by atoms with Gasteiger partial charge in [-0.15, -0.1) is 0 Å². The van der Waals surface area contributed by atoms with Crippen molar-refractivity contribution in [3.63, 3.8) is 0 Å².